The molecule has 5 nitrogen and oxygen atoms in total. The molecule has 0 spiro atoms. The van der Waals surface area contributed by atoms with Gasteiger partial charge in [-0.3, -0.25) is 9.79 Å². The number of thioether (sulfide) groups is 1. The zero-order valence-electron chi connectivity index (χ0n) is 9.75. The number of carbonyl (C=O) groups is 1. The van der Waals surface area contributed by atoms with Crippen LogP contribution in [-0.4, -0.2) is 40.5 Å². The van der Waals surface area contributed by atoms with Gasteiger partial charge in [-0.05, 0) is 12.3 Å². The zero-order chi connectivity index (χ0) is 12.3. The molecule has 0 radical (unpaired) electrons. The van der Waals surface area contributed by atoms with Crippen LogP contribution in [0.1, 0.15) is 10.5 Å². The van der Waals surface area contributed by atoms with Crippen LogP contribution in [0.15, 0.2) is 28.5 Å². The van der Waals surface area contributed by atoms with E-state index in [0.29, 0.717) is 12.2 Å². The summed E-state index contributed by atoms with van der Waals surface area (Å²) in [6.07, 6.45) is 9.03. The van der Waals surface area contributed by atoms with Gasteiger partial charge >= 0.3 is 0 Å². The summed E-state index contributed by atoms with van der Waals surface area (Å²) in [6.45, 7) is 0.593. The lowest BCUT2D eigenvalue weighted by atomic mass is 10.2. The van der Waals surface area contributed by atoms with E-state index in [0.717, 1.165) is 5.16 Å². The third kappa shape index (κ3) is 2.58. The van der Waals surface area contributed by atoms with Crippen molar-refractivity contribution < 1.29 is 4.79 Å². The molecule has 1 atom stereocenters. The van der Waals surface area contributed by atoms with E-state index < -0.39 is 0 Å². The number of hydrogen-bond acceptors (Lipinski definition) is 4. The number of aromatic nitrogens is 2. The Balaban J connectivity index is 2.06. The van der Waals surface area contributed by atoms with E-state index in [9.17, 15) is 4.79 Å². The van der Waals surface area contributed by atoms with Crippen molar-refractivity contribution in [1.82, 2.24) is 14.9 Å². The largest absolute Gasteiger partial charge is 0.343 e. The number of dihydropyridines is 1. The van der Waals surface area contributed by atoms with Crippen molar-refractivity contribution in [2.75, 3.05) is 12.8 Å². The first kappa shape index (κ1) is 11.9. The molecule has 1 amide bonds. The molecule has 1 aromatic rings. The smallest absolute Gasteiger partial charge is 0.270 e. The maximum Gasteiger partial charge on any atom is 0.270 e. The Kier molecular flexibility index (Phi) is 3.63. The Morgan fingerprint density at radius 1 is 1.65 bits per heavy atom. The minimum atomic E-state index is -0.118. The molecular weight excluding hydrogens is 236 g/mol. The van der Waals surface area contributed by atoms with Crippen LogP contribution >= 0.6 is 11.8 Å². The van der Waals surface area contributed by atoms with Gasteiger partial charge in [0, 0.05) is 13.3 Å². The highest BCUT2D eigenvalue weighted by Gasteiger charge is 2.16. The second-order valence-electron chi connectivity index (χ2n) is 3.67. The molecule has 17 heavy (non-hydrogen) atoms. The fourth-order valence-corrected chi connectivity index (χ4v) is 2.14. The summed E-state index contributed by atoms with van der Waals surface area (Å²) in [5.74, 6) is -0.118. The van der Waals surface area contributed by atoms with Gasteiger partial charge in [0.25, 0.3) is 5.91 Å². The summed E-state index contributed by atoms with van der Waals surface area (Å²) in [6, 6.07) is -0.0277. The van der Waals surface area contributed by atoms with Crippen molar-refractivity contribution in [2.45, 2.75) is 11.2 Å². The van der Waals surface area contributed by atoms with Gasteiger partial charge < -0.3 is 9.88 Å². The molecule has 1 aliphatic rings. The number of amides is 1. The van der Waals surface area contributed by atoms with Crippen molar-refractivity contribution in [3.8, 4) is 0 Å². The fraction of sp³-hybridized carbons (Fsp3) is 0.364. The van der Waals surface area contributed by atoms with Gasteiger partial charge in [-0.2, -0.15) is 0 Å². The van der Waals surface area contributed by atoms with E-state index >= 15 is 0 Å². The van der Waals surface area contributed by atoms with Gasteiger partial charge in [0.15, 0.2) is 5.16 Å². The van der Waals surface area contributed by atoms with Gasteiger partial charge in [-0.1, -0.05) is 17.8 Å². The number of allylic oxidation sites excluding steroid dienone is 1. The highest BCUT2D eigenvalue weighted by Crippen LogP contribution is 2.13. The van der Waals surface area contributed by atoms with E-state index in [1.165, 1.54) is 11.8 Å². The first-order valence-electron chi connectivity index (χ1n) is 5.25. The molecule has 1 aromatic heterocycles. The molecule has 90 valence electrons. The van der Waals surface area contributed by atoms with Crippen molar-refractivity contribution in [3.63, 3.8) is 0 Å². The summed E-state index contributed by atoms with van der Waals surface area (Å²) in [7, 11) is 1.84. The summed E-state index contributed by atoms with van der Waals surface area (Å²) < 4.78 is 1.79. The van der Waals surface area contributed by atoms with Crippen LogP contribution in [0.2, 0.25) is 0 Å². The van der Waals surface area contributed by atoms with Crippen LogP contribution in [0.4, 0.5) is 0 Å². The third-order valence-electron chi connectivity index (χ3n) is 2.51. The minimum Gasteiger partial charge on any atom is -0.343 e. The maximum atomic E-state index is 12.0. The highest BCUT2D eigenvalue weighted by atomic mass is 32.2. The van der Waals surface area contributed by atoms with E-state index in [4.69, 9.17) is 0 Å². The van der Waals surface area contributed by atoms with E-state index in [1.54, 1.807) is 17.0 Å². The predicted molar refractivity (Wildman–Crippen MR) is 68.7 cm³/mol. The molecule has 0 aromatic carbocycles. The number of nitrogens with one attached hydrogen (secondary N) is 1. The summed E-state index contributed by atoms with van der Waals surface area (Å²) >= 11 is 1.51. The highest BCUT2D eigenvalue weighted by molar-refractivity contribution is 7.98. The lowest BCUT2D eigenvalue weighted by Gasteiger charge is -2.14. The zero-order valence-corrected chi connectivity index (χ0v) is 10.6. The van der Waals surface area contributed by atoms with Crippen LogP contribution < -0.4 is 5.32 Å². The standard InChI is InChI=1S/C11H14N4OS/c1-15-9(7-13-11(15)17-2)10(16)14-8-4-3-5-12-6-8/h3-5,7-8H,6H2,1-2H3,(H,14,16). The van der Waals surface area contributed by atoms with Crippen molar-refractivity contribution in [1.29, 1.82) is 0 Å². The number of rotatable bonds is 3. The van der Waals surface area contributed by atoms with Crippen molar-refractivity contribution in [2.24, 2.45) is 12.0 Å². The van der Waals surface area contributed by atoms with Crippen LogP contribution in [0.25, 0.3) is 0 Å². The number of carbonyl (C=O) groups excluding carboxylic acids is 1. The Bertz CT molecular complexity index is 478. The van der Waals surface area contributed by atoms with Gasteiger partial charge in [0.05, 0.1) is 18.8 Å². The molecule has 1 aliphatic heterocycles. The normalized spacial score (nSPS) is 18.4. The molecule has 0 saturated heterocycles. The fourth-order valence-electron chi connectivity index (χ4n) is 1.61. The molecule has 2 rings (SSSR count). The average molecular weight is 250 g/mol. The summed E-state index contributed by atoms with van der Waals surface area (Å²) in [4.78, 5) is 20.3. The topological polar surface area (TPSA) is 59.3 Å². The van der Waals surface area contributed by atoms with E-state index in [2.05, 4.69) is 15.3 Å². The number of imidazole rings is 1. The molecule has 0 aliphatic carbocycles. The van der Waals surface area contributed by atoms with Gasteiger partial charge in [-0.15, -0.1) is 0 Å². The quantitative estimate of drug-likeness (QED) is 0.810. The predicted octanol–water partition coefficient (Wildman–Crippen LogP) is 0.881. The van der Waals surface area contributed by atoms with Crippen LogP contribution in [-0.2, 0) is 7.05 Å². The molecule has 6 heteroatoms. The molecule has 0 saturated carbocycles. The van der Waals surface area contributed by atoms with Gasteiger partial charge in [0.2, 0.25) is 0 Å². The Morgan fingerprint density at radius 2 is 2.47 bits per heavy atom. The van der Waals surface area contributed by atoms with Crippen LogP contribution in [0, 0.1) is 0 Å². The Morgan fingerprint density at radius 3 is 3.06 bits per heavy atom. The molecule has 0 bridgehead atoms. The van der Waals surface area contributed by atoms with Gasteiger partial charge in [0.1, 0.15) is 5.69 Å². The lowest BCUT2D eigenvalue weighted by Crippen LogP contribution is -2.37. The monoisotopic (exact) mass is 250 g/mol. The van der Waals surface area contributed by atoms with Crippen molar-refractivity contribution >= 4 is 23.9 Å². The van der Waals surface area contributed by atoms with E-state index in [-0.39, 0.29) is 11.9 Å². The lowest BCUT2D eigenvalue weighted by molar-refractivity contribution is 0.0936. The summed E-state index contributed by atoms with van der Waals surface area (Å²) in [5, 5.41) is 3.73. The third-order valence-corrected chi connectivity index (χ3v) is 3.26. The number of aliphatic imine (C=N–C) groups is 1. The maximum absolute atomic E-state index is 12.0. The van der Waals surface area contributed by atoms with Gasteiger partial charge in [-0.25, -0.2) is 4.98 Å². The molecule has 1 unspecified atom stereocenters. The Labute approximate surface area is 104 Å². The van der Waals surface area contributed by atoms with Crippen molar-refractivity contribution in [3.05, 3.63) is 24.0 Å². The second kappa shape index (κ2) is 5.18. The van der Waals surface area contributed by atoms with Crippen LogP contribution in [0.5, 0.6) is 0 Å². The molecule has 0 fully saturated rings. The minimum absolute atomic E-state index is 0.0277. The molecular formula is C11H14N4OS. The van der Waals surface area contributed by atoms with Crippen LogP contribution in [0.3, 0.4) is 0 Å². The van der Waals surface area contributed by atoms with E-state index in [1.807, 2.05) is 25.5 Å². The molecule has 1 N–H and O–H groups in total. The number of nitrogens with zero attached hydrogens (tertiary/aromatic N) is 3. The molecule has 2 heterocycles. The SMILES string of the molecule is CSc1ncc(C(=O)NC2C=CC=NC2)n1C. The Hall–Kier alpha value is -1.56. The summed E-state index contributed by atoms with van der Waals surface area (Å²) in [5.41, 5.74) is 0.567. The first-order valence-corrected chi connectivity index (χ1v) is 6.48. The second-order valence-corrected chi connectivity index (χ2v) is 4.44. The first-order chi connectivity index (χ1) is 8.22. The number of hydrogen-bond donors (Lipinski definition) is 1. The average Bonchev–Trinajstić information content (AvgIpc) is 2.71.